The second-order valence-corrected chi connectivity index (χ2v) is 18.6. The third-order valence-electron chi connectivity index (χ3n) is 9.05. The normalized spacial score (nSPS) is 11.9. The van der Waals surface area contributed by atoms with E-state index in [1.807, 2.05) is 49.5 Å². The summed E-state index contributed by atoms with van der Waals surface area (Å²) < 4.78 is 74.8. The summed E-state index contributed by atoms with van der Waals surface area (Å²) in [6, 6.07) is 22.0. The standard InChI is InChI=1S/C25H24N3O3S3.C13H13NO3S2/c1-15-6-12-20-22(23(15)34(29,30)31)33-25(28(20)5)17-9-13-19-21(14-17)32-24(27(19)4)16-7-10-18(11-8-16)26(2)3;1-5-8(2)13-14(4)10-7-6-9(3)12(11(10)18-13)19(15,16)17/h6-14H,1-5H3;5-7H,1-2H2,3-4H3/q+1;/p+2. The van der Waals surface area contributed by atoms with Crippen molar-refractivity contribution in [2.24, 2.45) is 21.1 Å². The highest BCUT2D eigenvalue weighted by molar-refractivity contribution is 7.86. The monoisotopic (exact) mass is 807 g/mol. The van der Waals surface area contributed by atoms with Crippen molar-refractivity contribution >= 4 is 96.2 Å². The number of benzene rings is 4. The smallest absolute Gasteiger partial charge is 0.296 e. The summed E-state index contributed by atoms with van der Waals surface area (Å²) in [6.07, 6.45) is 1.62. The molecule has 2 N–H and O–H groups in total. The maximum atomic E-state index is 12.1. The number of thiazole rings is 3. The van der Waals surface area contributed by atoms with Gasteiger partial charge in [-0.2, -0.15) is 30.5 Å². The van der Waals surface area contributed by atoms with Crippen LogP contribution in [0.4, 0.5) is 5.69 Å². The van der Waals surface area contributed by atoms with E-state index in [1.54, 1.807) is 43.4 Å². The number of aryl methyl sites for hydroxylation is 5. The zero-order valence-electron chi connectivity index (χ0n) is 30.2. The molecule has 15 heteroatoms. The molecule has 0 saturated carbocycles. The highest BCUT2D eigenvalue weighted by Crippen LogP contribution is 2.37. The average molecular weight is 808 g/mol. The molecule has 7 aromatic rings. The predicted octanol–water partition coefficient (Wildman–Crippen LogP) is 7.20. The van der Waals surface area contributed by atoms with Crippen LogP contribution in [-0.2, 0) is 41.4 Å². The lowest BCUT2D eigenvalue weighted by Crippen LogP contribution is -2.30. The third-order valence-corrected chi connectivity index (χ3v) is 15.3. The van der Waals surface area contributed by atoms with Crippen molar-refractivity contribution in [2.45, 2.75) is 23.6 Å². The van der Waals surface area contributed by atoms with Crippen molar-refractivity contribution in [3.8, 4) is 21.1 Å². The molecule has 0 saturated heterocycles. The first-order valence-corrected chi connectivity index (χ1v) is 21.5. The van der Waals surface area contributed by atoms with Crippen molar-refractivity contribution < 1.29 is 39.6 Å². The summed E-state index contributed by atoms with van der Waals surface area (Å²) in [7, 11) is 1.31. The van der Waals surface area contributed by atoms with E-state index in [1.165, 1.54) is 27.7 Å². The van der Waals surface area contributed by atoms with Gasteiger partial charge in [-0.3, -0.25) is 9.11 Å². The fraction of sp³-hybridized carbons (Fsp3) is 0.184. The molecule has 0 fully saturated rings. The number of hydrogen-bond acceptors (Lipinski definition) is 8. The highest BCUT2D eigenvalue weighted by atomic mass is 32.2. The summed E-state index contributed by atoms with van der Waals surface area (Å²) in [5, 5.41) is 2.91. The van der Waals surface area contributed by atoms with Crippen LogP contribution in [0.25, 0.3) is 57.4 Å². The first-order chi connectivity index (χ1) is 24.8. The van der Waals surface area contributed by atoms with Gasteiger partial charge in [0.05, 0.1) is 11.1 Å². The van der Waals surface area contributed by atoms with Gasteiger partial charge in [0.25, 0.3) is 35.3 Å². The molecule has 0 radical (unpaired) electrons. The van der Waals surface area contributed by atoms with Crippen LogP contribution in [0.2, 0.25) is 0 Å². The summed E-state index contributed by atoms with van der Waals surface area (Å²) >= 11 is 4.39. The summed E-state index contributed by atoms with van der Waals surface area (Å²) in [5.41, 5.74) is 7.75. The van der Waals surface area contributed by atoms with E-state index >= 15 is 0 Å². The summed E-state index contributed by atoms with van der Waals surface area (Å²) in [4.78, 5) is 2.04. The van der Waals surface area contributed by atoms with Crippen molar-refractivity contribution in [3.63, 3.8) is 0 Å². The lowest BCUT2D eigenvalue weighted by Gasteiger charge is -2.11. The second-order valence-electron chi connectivity index (χ2n) is 12.8. The van der Waals surface area contributed by atoms with Gasteiger partial charge in [0.2, 0.25) is 16.6 Å². The fourth-order valence-corrected chi connectivity index (χ4v) is 12.4. The quantitative estimate of drug-likeness (QED) is 0.0993. The van der Waals surface area contributed by atoms with Crippen molar-refractivity contribution in [1.29, 1.82) is 0 Å². The molecule has 0 atom stereocenters. The van der Waals surface area contributed by atoms with Crippen molar-refractivity contribution in [2.75, 3.05) is 19.0 Å². The fourth-order valence-electron chi connectivity index (χ4n) is 6.28. The van der Waals surface area contributed by atoms with Crippen LogP contribution in [0.15, 0.2) is 95.8 Å². The first kappa shape index (κ1) is 38.4. The van der Waals surface area contributed by atoms with Gasteiger partial charge in [0.15, 0.2) is 0 Å². The molecular weight excluding hydrogens is 769 g/mol. The molecule has 274 valence electrons. The van der Waals surface area contributed by atoms with Gasteiger partial charge in [-0.25, -0.2) is 0 Å². The van der Waals surface area contributed by atoms with Crippen LogP contribution in [-0.4, -0.2) is 40.0 Å². The summed E-state index contributed by atoms with van der Waals surface area (Å²) in [6.45, 7) is 10.9. The molecule has 0 spiro atoms. The van der Waals surface area contributed by atoms with E-state index in [0.29, 0.717) is 26.1 Å². The number of allylic oxidation sites excluding steroid dienone is 2. The van der Waals surface area contributed by atoms with Crippen molar-refractivity contribution in [3.05, 3.63) is 102 Å². The van der Waals surface area contributed by atoms with Gasteiger partial charge in [-0.15, -0.1) is 0 Å². The maximum absolute atomic E-state index is 12.1. The Labute approximate surface area is 321 Å². The number of rotatable bonds is 7. The molecule has 4 aromatic carbocycles. The average Bonchev–Trinajstić information content (AvgIpc) is 3.72. The van der Waals surface area contributed by atoms with Crippen LogP contribution in [0.5, 0.6) is 0 Å². The summed E-state index contributed by atoms with van der Waals surface area (Å²) in [5.74, 6) is 0. The third kappa shape index (κ3) is 7.05. The number of hydrogen-bond donors (Lipinski definition) is 2. The molecule has 0 bridgehead atoms. The minimum absolute atomic E-state index is 0.0103. The Morgan fingerprint density at radius 2 is 1.15 bits per heavy atom. The molecule has 10 nitrogen and oxygen atoms in total. The van der Waals surface area contributed by atoms with E-state index in [9.17, 15) is 25.9 Å². The Kier molecular flexibility index (Phi) is 10.2. The first-order valence-electron chi connectivity index (χ1n) is 16.1. The molecule has 0 aliphatic heterocycles. The SMILES string of the molecule is C=CC(=C)c1sc2c(S(=O)(=O)O)c(C)ccc2[n+]1C.Cc1ccc2c(sc(-c3ccc4c(c3)sc(-c3ccc(N(C)C)cc3)[n+]4C)[n+]2C)c1S(=O)(=O)O. The lowest BCUT2D eigenvalue weighted by molar-refractivity contribution is -0.642. The van der Waals surface area contributed by atoms with Gasteiger partial charge in [0.1, 0.15) is 45.0 Å². The predicted molar refractivity (Wildman–Crippen MR) is 216 cm³/mol. The molecule has 0 aliphatic carbocycles. The highest BCUT2D eigenvalue weighted by Gasteiger charge is 2.29. The van der Waals surface area contributed by atoms with Crippen LogP contribution in [0.1, 0.15) is 16.1 Å². The van der Waals surface area contributed by atoms with Gasteiger partial charge in [0, 0.05) is 43.6 Å². The van der Waals surface area contributed by atoms with Crippen LogP contribution < -0.4 is 18.6 Å². The number of nitrogens with zero attached hydrogens (tertiary/aromatic N) is 4. The molecular formula is C38H39N4O6S5+3. The zero-order valence-corrected chi connectivity index (χ0v) is 34.3. The van der Waals surface area contributed by atoms with Crippen LogP contribution in [0.3, 0.4) is 0 Å². The molecule has 7 rings (SSSR count). The number of fused-ring (bicyclic) bond motifs is 3. The molecule has 3 heterocycles. The second kappa shape index (κ2) is 14.1. The Morgan fingerprint density at radius 3 is 1.68 bits per heavy atom. The molecule has 0 amide bonds. The number of anilines is 1. The van der Waals surface area contributed by atoms with E-state index in [0.717, 1.165) is 48.1 Å². The largest absolute Gasteiger partial charge is 0.378 e. The van der Waals surface area contributed by atoms with Crippen LogP contribution >= 0.6 is 34.0 Å². The molecule has 0 aliphatic rings. The molecule has 53 heavy (non-hydrogen) atoms. The van der Waals surface area contributed by atoms with Gasteiger partial charge in [-0.05, 0) is 61.4 Å². The van der Waals surface area contributed by atoms with E-state index < -0.39 is 20.2 Å². The Bertz CT molecular complexity index is 2850. The van der Waals surface area contributed by atoms with Gasteiger partial charge >= 0.3 is 0 Å². The maximum Gasteiger partial charge on any atom is 0.296 e. The minimum Gasteiger partial charge on any atom is -0.378 e. The molecule has 3 aromatic heterocycles. The van der Waals surface area contributed by atoms with Gasteiger partial charge < -0.3 is 4.90 Å². The van der Waals surface area contributed by atoms with E-state index in [4.69, 9.17) is 0 Å². The van der Waals surface area contributed by atoms with E-state index in [-0.39, 0.29) is 9.79 Å². The van der Waals surface area contributed by atoms with Crippen molar-refractivity contribution in [1.82, 2.24) is 0 Å². The Balaban J connectivity index is 0.000000214. The van der Waals surface area contributed by atoms with Crippen LogP contribution in [0, 0.1) is 13.8 Å². The number of aromatic nitrogens is 3. The Morgan fingerprint density at radius 1 is 0.679 bits per heavy atom. The topological polar surface area (TPSA) is 124 Å². The lowest BCUT2D eigenvalue weighted by atomic mass is 10.2. The molecule has 0 unspecified atom stereocenters. The van der Waals surface area contributed by atoms with Gasteiger partial charge in [-0.1, -0.05) is 65.4 Å². The Hall–Kier alpha value is -4.35. The zero-order chi connectivity index (χ0) is 38.7. The minimum atomic E-state index is -4.33. The van der Waals surface area contributed by atoms with E-state index in [2.05, 4.69) is 72.1 Å².